The Morgan fingerprint density at radius 2 is 2.38 bits per heavy atom. The number of hydrogen-bond acceptors (Lipinski definition) is 5. The number of ether oxygens (including phenoxy) is 1. The van der Waals surface area contributed by atoms with Crippen molar-refractivity contribution in [2.75, 3.05) is 13.2 Å². The van der Waals surface area contributed by atoms with E-state index in [0.29, 0.717) is 12.3 Å². The number of aryl methyl sites for hydroxylation is 2. The van der Waals surface area contributed by atoms with E-state index in [0.717, 1.165) is 30.6 Å². The number of rotatable bonds is 5. The highest BCUT2D eigenvalue weighted by atomic mass is 16.5. The van der Waals surface area contributed by atoms with Gasteiger partial charge in [-0.15, -0.1) is 0 Å². The zero-order chi connectivity index (χ0) is 17.1. The third-order valence-corrected chi connectivity index (χ3v) is 4.35. The fourth-order valence-electron chi connectivity index (χ4n) is 3.16. The molecule has 1 aliphatic rings. The van der Waals surface area contributed by atoms with E-state index in [1.54, 1.807) is 17.7 Å². The lowest BCUT2D eigenvalue weighted by atomic mass is 9.91. The molecule has 2 atom stereocenters. The van der Waals surface area contributed by atoms with Gasteiger partial charge in [0, 0.05) is 43.4 Å². The molecular formula is C17H23N3O4. The zero-order valence-electron chi connectivity index (χ0n) is 14.0. The molecule has 130 valence electrons. The monoisotopic (exact) mass is 333 g/mol. The summed E-state index contributed by atoms with van der Waals surface area (Å²) in [6.07, 6.45) is 5.67. The Morgan fingerprint density at radius 3 is 3.04 bits per heavy atom. The van der Waals surface area contributed by atoms with Crippen LogP contribution in [0.15, 0.2) is 22.9 Å². The second-order valence-corrected chi connectivity index (χ2v) is 6.23. The summed E-state index contributed by atoms with van der Waals surface area (Å²) in [7, 11) is 1.88. The van der Waals surface area contributed by atoms with Crippen molar-refractivity contribution in [3.63, 3.8) is 0 Å². The lowest BCUT2D eigenvalue weighted by molar-refractivity contribution is -0.0273. The number of aliphatic hydroxyl groups is 1. The standard InChI is InChI=1S/C17H23N3O4/c1-11-6-14(10-21)24-15(11)17(22)18-7-12-4-3-5-23-16(12)13-8-19-20(2)9-13/h6,8-9,12,16,21H,3-5,7,10H2,1-2H3,(H,18,22)/t12-,16+/m0/s1. The maximum atomic E-state index is 12.3. The van der Waals surface area contributed by atoms with Gasteiger partial charge in [0.05, 0.1) is 12.3 Å². The lowest BCUT2D eigenvalue weighted by Crippen LogP contribution is -2.35. The van der Waals surface area contributed by atoms with Crippen molar-refractivity contribution >= 4 is 5.91 Å². The van der Waals surface area contributed by atoms with Crippen molar-refractivity contribution in [1.29, 1.82) is 0 Å². The van der Waals surface area contributed by atoms with Crippen molar-refractivity contribution < 1.29 is 19.1 Å². The first-order valence-corrected chi connectivity index (χ1v) is 8.17. The van der Waals surface area contributed by atoms with E-state index in [4.69, 9.17) is 14.3 Å². The predicted molar refractivity (Wildman–Crippen MR) is 86.3 cm³/mol. The minimum absolute atomic E-state index is 0.0570. The molecule has 0 bridgehead atoms. The van der Waals surface area contributed by atoms with Gasteiger partial charge in [0.2, 0.25) is 0 Å². The fraction of sp³-hybridized carbons (Fsp3) is 0.529. The highest BCUT2D eigenvalue weighted by molar-refractivity contribution is 5.92. The molecule has 0 saturated carbocycles. The SMILES string of the molecule is Cc1cc(CO)oc1C(=O)NC[C@@H]1CCCO[C@H]1c1cnn(C)c1. The van der Waals surface area contributed by atoms with Crippen molar-refractivity contribution in [3.8, 4) is 0 Å². The van der Waals surface area contributed by atoms with E-state index in [2.05, 4.69) is 10.4 Å². The second kappa shape index (κ2) is 7.19. The van der Waals surface area contributed by atoms with Crippen molar-refractivity contribution in [2.24, 2.45) is 13.0 Å². The highest BCUT2D eigenvalue weighted by Gasteiger charge is 2.29. The van der Waals surface area contributed by atoms with Gasteiger partial charge in [-0.3, -0.25) is 9.48 Å². The number of aliphatic hydroxyl groups excluding tert-OH is 1. The maximum Gasteiger partial charge on any atom is 0.287 e. The van der Waals surface area contributed by atoms with Crippen molar-refractivity contribution in [2.45, 2.75) is 32.5 Å². The molecule has 7 heteroatoms. The van der Waals surface area contributed by atoms with Gasteiger partial charge >= 0.3 is 0 Å². The molecule has 0 spiro atoms. The van der Waals surface area contributed by atoms with Crippen LogP contribution in [0.3, 0.4) is 0 Å². The number of aromatic nitrogens is 2. The second-order valence-electron chi connectivity index (χ2n) is 6.23. The molecule has 0 aliphatic carbocycles. The Kier molecular flexibility index (Phi) is 5.01. The van der Waals surface area contributed by atoms with Crippen LogP contribution in [0.25, 0.3) is 0 Å². The van der Waals surface area contributed by atoms with E-state index in [1.807, 2.05) is 19.4 Å². The van der Waals surface area contributed by atoms with E-state index in [1.165, 1.54) is 0 Å². The largest absolute Gasteiger partial charge is 0.453 e. The van der Waals surface area contributed by atoms with Crippen LogP contribution in [0.1, 0.15) is 46.4 Å². The summed E-state index contributed by atoms with van der Waals surface area (Å²) in [6, 6.07) is 1.68. The molecule has 1 amide bonds. The van der Waals surface area contributed by atoms with E-state index >= 15 is 0 Å². The molecule has 1 fully saturated rings. The van der Waals surface area contributed by atoms with E-state index in [-0.39, 0.29) is 30.3 Å². The predicted octanol–water partition coefficient (Wildman–Crippen LogP) is 1.71. The average Bonchev–Trinajstić information content (AvgIpc) is 3.18. The molecule has 1 saturated heterocycles. The molecule has 0 radical (unpaired) electrons. The first kappa shape index (κ1) is 16.7. The van der Waals surface area contributed by atoms with Crippen LogP contribution < -0.4 is 5.32 Å². The van der Waals surface area contributed by atoms with Crippen LogP contribution in [-0.2, 0) is 18.4 Å². The van der Waals surface area contributed by atoms with Crippen LogP contribution in [0, 0.1) is 12.8 Å². The topological polar surface area (TPSA) is 89.5 Å². The number of hydrogen-bond donors (Lipinski definition) is 2. The molecular weight excluding hydrogens is 310 g/mol. The Balaban J connectivity index is 1.65. The summed E-state index contributed by atoms with van der Waals surface area (Å²) >= 11 is 0. The average molecular weight is 333 g/mol. The minimum atomic E-state index is -0.261. The minimum Gasteiger partial charge on any atom is -0.453 e. The lowest BCUT2D eigenvalue weighted by Gasteiger charge is -2.31. The van der Waals surface area contributed by atoms with Gasteiger partial charge in [-0.1, -0.05) is 0 Å². The van der Waals surface area contributed by atoms with Gasteiger partial charge in [-0.05, 0) is 25.8 Å². The van der Waals surface area contributed by atoms with Gasteiger partial charge in [-0.2, -0.15) is 5.10 Å². The summed E-state index contributed by atoms with van der Waals surface area (Å²) in [4.78, 5) is 12.3. The molecule has 2 aromatic rings. The van der Waals surface area contributed by atoms with Crippen LogP contribution in [0.4, 0.5) is 0 Å². The first-order valence-electron chi connectivity index (χ1n) is 8.17. The van der Waals surface area contributed by atoms with Gasteiger partial charge in [0.1, 0.15) is 12.4 Å². The molecule has 7 nitrogen and oxygen atoms in total. The van der Waals surface area contributed by atoms with Gasteiger partial charge in [0.25, 0.3) is 5.91 Å². The molecule has 3 heterocycles. The van der Waals surface area contributed by atoms with Crippen LogP contribution in [0.5, 0.6) is 0 Å². The summed E-state index contributed by atoms with van der Waals surface area (Å²) in [6.45, 7) is 2.81. The third kappa shape index (κ3) is 3.52. The van der Waals surface area contributed by atoms with Gasteiger partial charge < -0.3 is 19.6 Å². The normalized spacial score (nSPS) is 21.0. The summed E-state index contributed by atoms with van der Waals surface area (Å²) in [5, 5.41) is 16.2. The molecule has 0 unspecified atom stereocenters. The molecule has 24 heavy (non-hydrogen) atoms. The number of nitrogens with zero attached hydrogens (tertiary/aromatic N) is 2. The van der Waals surface area contributed by atoms with Gasteiger partial charge in [-0.25, -0.2) is 0 Å². The van der Waals surface area contributed by atoms with Gasteiger partial charge in [0.15, 0.2) is 5.76 Å². The summed E-state index contributed by atoms with van der Waals surface area (Å²) in [5.41, 5.74) is 1.76. The number of carbonyl (C=O) groups excluding carboxylic acids is 1. The van der Waals surface area contributed by atoms with E-state index in [9.17, 15) is 4.79 Å². The quantitative estimate of drug-likeness (QED) is 0.869. The van der Waals surface area contributed by atoms with Crippen LogP contribution in [0.2, 0.25) is 0 Å². The first-order chi connectivity index (χ1) is 11.6. The van der Waals surface area contributed by atoms with Crippen molar-refractivity contribution in [1.82, 2.24) is 15.1 Å². The summed E-state index contributed by atoms with van der Waals surface area (Å²) in [5.74, 6) is 0.586. The Bertz CT molecular complexity index is 707. The molecule has 2 N–H and O–H groups in total. The molecule has 1 aliphatic heterocycles. The number of nitrogens with one attached hydrogen (secondary N) is 1. The Labute approximate surface area is 140 Å². The molecule has 0 aromatic carbocycles. The van der Waals surface area contributed by atoms with Crippen LogP contribution in [-0.4, -0.2) is 33.9 Å². The third-order valence-electron chi connectivity index (χ3n) is 4.35. The number of furan rings is 1. The molecule has 3 rings (SSSR count). The molecule has 2 aromatic heterocycles. The summed E-state index contributed by atoms with van der Waals surface area (Å²) < 4.78 is 13.0. The van der Waals surface area contributed by atoms with E-state index < -0.39 is 0 Å². The number of amides is 1. The van der Waals surface area contributed by atoms with Crippen LogP contribution >= 0.6 is 0 Å². The maximum absolute atomic E-state index is 12.3. The number of carbonyl (C=O) groups is 1. The zero-order valence-corrected chi connectivity index (χ0v) is 14.0. The Morgan fingerprint density at radius 1 is 1.54 bits per heavy atom. The smallest absolute Gasteiger partial charge is 0.287 e. The Hall–Kier alpha value is -2.12. The highest BCUT2D eigenvalue weighted by Crippen LogP contribution is 2.33. The fourth-order valence-corrected chi connectivity index (χ4v) is 3.16. The van der Waals surface area contributed by atoms with Crippen molar-refractivity contribution in [3.05, 3.63) is 41.1 Å².